The molecular formula is C14H12N4O2. The maximum absolute atomic E-state index is 12.4. The summed E-state index contributed by atoms with van der Waals surface area (Å²) in [6.07, 6.45) is 0. The molecule has 1 aliphatic rings. The van der Waals surface area contributed by atoms with Gasteiger partial charge in [0.1, 0.15) is 0 Å². The molecule has 0 atom stereocenters. The number of carbonyl (C=O) groups excluding carboxylic acids is 2. The first kappa shape index (κ1) is 12.3. The number of hydrogen-bond donors (Lipinski definition) is 4. The fraction of sp³-hybridized carbons (Fsp3) is 0. The summed E-state index contributed by atoms with van der Waals surface area (Å²) in [6.45, 7) is 0. The maximum Gasteiger partial charge on any atom is 0.194 e. The summed E-state index contributed by atoms with van der Waals surface area (Å²) in [5.74, 6) is 10.3. The fourth-order valence-corrected chi connectivity index (χ4v) is 2.33. The first-order valence-corrected chi connectivity index (χ1v) is 5.96. The van der Waals surface area contributed by atoms with Crippen molar-refractivity contribution in [3.05, 3.63) is 58.7 Å². The summed E-state index contributed by atoms with van der Waals surface area (Å²) in [5, 5.41) is 0. The average Bonchev–Trinajstić information content (AvgIpc) is 2.51. The van der Waals surface area contributed by atoms with Crippen LogP contribution in [0.1, 0.15) is 31.8 Å². The Labute approximate surface area is 114 Å². The second-order valence-electron chi connectivity index (χ2n) is 4.47. The Morgan fingerprint density at radius 3 is 1.40 bits per heavy atom. The Bertz CT molecular complexity index is 676. The van der Waals surface area contributed by atoms with Crippen molar-refractivity contribution in [2.75, 3.05) is 10.9 Å². The second-order valence-corrected chi connectivity index (χ2v) is 4.47. The molecule has 0 aliphatic heterocycles. The molecule has 100 valence electrons. The minimum absolute atomic E-state index is 0.199. The molecule has 1 aliphatic carbocycles. The van der Waals surface area contributed by atoms with Crippen molar-refractivity contribution < 1.29 is 9.59 Å². The van der Waals surface area contributed by atoms with Crippen molar-refractivity contribution in [1.29, 1.82) is 0 Å². The van der Waals surface area contributed by atoms with Gasteiger partial charge < -0.3 is 10.9 Å². The number of nitrogens with one attached hydrogen (secondary N) is 2. The SMILES string of the molecule is NNc1ccc2c(c1)C(=O)c1ccc(NN)cc1C2=O. The zero-order valence-corrected chi connectivity index (χ0v) is 10.4. The van der Waals surface area contributed by atoms with Gasteiger partial charge in [-0.25, -0.2) is 0 Å². The van der Waals surface area contributed by atoms with Crippen LogP contribution >= 0.6 is 0 Å². The lowest BCUT2D eigenvalue weighted by molar-refractivity contribution is 0.0979. The number of anilines is 2. The maximum atomic E-state index is 12.4. The van der Waals surface area contributed by atoms with Gasteiger partial charge in [0.15, 0.2) is 11.6 Å². The van der Waals surface area contributed by atoms with Gasteiger partial charge in [-0.05, 0) is 36.4 Å². The number of rotatable bonds is 2. The molecule has 0 spiro atoms. The normalized spacial score (nSPS) is 12.7. The average molecular weight is 268 g/mol. The van der Waals surface area contributed by atoms with E-state index in [1.807, 2.05) is 0 Å². The summed E-state index contributed by atoms with van der Waals surface area (Å²) in [7, 11) is 0. The van der Waals surface area contributed by atoms with E-state index in [1.54, 1.807) is 36.4 Å². The van der Waals surface area contributed by atoms with Gasteiger partial charge in [0.25, 0.3) is 0 Å². The summed E-state index contributed by atoms with van der Waals surface area (Å²) >= 11 is 0. The summed E-state index contributed by atoms with van der Waals surface area (Å²) in [5.41, 5.74) is 7.53. The highest BCUT2D eigenvalue weighted by Crippen LogP contribution is 2.30. The molecular weight excluding hydrogens is 256 g/mol. The number of carbonyl (C=O) groups is 2. The minimum Gasteiger partial charge on any atom is -0.324 e. The molecule has 0 aromatic heterocycles. The number of hydrazine groups is 2. The highest BCUT2D eigenvalue weighted by molar-refractivity contribution is 6.28. The van der Waals surface area contributed by atoms with Crippen molar-refractivity contribution in [3.63, 3.8) is 0 Å². The van der Waals surface area contributed by atoms with Crippen LogP contribution in [0.2, 0.25) is 0 Å². The predicted molar refractivity (Wildman–Crippen MR) is 75.4 cm³/mol. The zero-order chi connectivity index (χ0) is 14.3. The largest absolute Gasteiger partial charge is 0.324 e. The molecule has 6 N–H and O–H groups in total. The van der Waals surface area contributed by atoms with Crippen LogP contribution < -0.4 is 22.5 Å². The molecule has 6 nitrogen and oxygen atoms in total. The number of nitrogen functional groups attached to an aromatic ring is 2. The van der Waals surface area contributed by atoms with Gasteiger partial charge in [-0.15, -0.1) is 0 Å². The van der Waals surface area contributed by atoms with Crippen molar-refractivity contribution in [1.82, 2.24) is 0 Å². The van der Waals surface area contributed by atoms with Gasteiger partial charge in [-0.1, -0.05) is 0 Å². The smallest absolute Gasteiger partial charge is 0.194 e. The lowest BCUT2D eigenvalue weighted by Gasteiger charge is -2.18. The minimum atomic E-state index is -0.199. The van der Waals surface area contributed by atoms with E-state index in [9.17, 15) is 9.59 Å². The van der Waals surface area contributed by atoms with E-state index in [0.29, 0.717) is 33.6 Å². The van der Waals surface area contributed by atoms with Gasteiger partial charge >= 0.3 is 0 Å². The lowest BCUT2D eigenvalue weighted by atomic mass is 9.83. The molecule has 2 aromatic rings. The second kappa shape index (κ2) is 4.44. The number of fused-ring (bicyclic) bond motifs is 2. The molecule has 2 aromatic carbocycles. The number of benzene rings is 2. The Kier molecular flexibility index (Phi) is 2.74. The van der Waals surface area contributed by atoms with E-state index >= 15 is 0 Å². The fourth-order valence-electron chi connectivity index (χ4n) is 2.33. The van der Waals surface area contributed by atoms with Crippen LogP contribution in [-0.4, -0.2) is 11.6 Å². The number of ketones is 2. The number of hydrogen-bond acceptors (Lipinski definition) is 6. The van der Waals surface area contributed by atoms with Crippen molar-refractivity contribution in [2.45, 2.75) is 0 Å². The number of nitrogens with two attached hydrogens (primary N) is 2. The van der Waals surface area contributed by atoms with Gasteiger partial charge in [0.05, 0.1) is 0 Å². The monoisotopic (exact) mass is 268 g/mol. The first-order chi connectivity index (χ1) is 9.65. The third-order valence-corrected chi connectivity index (χ3v) is 3.35. The standard InChI is InChI=1S/C14H12N4O2/c15-17-7-1-3-9-11(5-7)14(20)10-4-2-8(18-16)6-12(10)13(9)19/h1-6,17-18H,15-16H2. The Morgan fingerprint density at radius 2 is 1.05 bits per heavy atom. The zero-order valence-electron chi connectivity index (χ0n) is 10.4. The van der Waals surface area contributed by atoms with Crippen LogP contribution in [0.25, 0.3) is 0 Å². The third-order valence-electron chi connectivity index (χ3n) is 3.35. The molecule has 0 radical (unpaired) electrons. The van der Waals surface area contributed by atoms with Crippen molar-refractivity contribution >= 4 is 22.9 Å². The topological polar surface area (TPSA) is 110 Å². The van der Waals surface area contributed by atoms with Crippen LogP contribution in [0.4, 0.5) is 11.4 Å². The molecule has 0 heterocycles. The summed E-state index contributed by atoms with van der Waals surface area (Å²) < 4.78 is 0. The van der Waals surface area contributed by atoms with E-state index in [2.05, 4.69) is 10.9 Å². The van der Waals surface area contributed by atoms with E-state index in [0.717, 1.165) is 0 Å². The van der Waals surface area contributed by atoms with Crippen LogP contribution in [-0.2, 0) is 0 Å². The van der Waals surface area contributed by atoms with E-state index in [1.165, 1.54) is 0 Å². The highest BCUT2D eigenvalue weighted by Gasteiger charge is 2.29. The Morgan fingerprint density at radius 1 is 0.650 bits per heavy atom. The molecule has 20 heavy (non-hydrogen) atoms. The highest BCUT2D eigenvalue weighted by atomic mass is 16.1. The summed E-state index contributed by atoms with van der Waals surface area (Å²) in [6, 6.07) is 9.65. The molecule has 0 amide bonds. The van der Waals surface area contributed by atoms with Crippen LogP contribution in [0.3, 0.4) is 0 Å². The van der Waals surface area contributed by atoms with E-state index in [4.69, 9.17) is 11.7 Å². The lowest BCUT2D eigenvalue weighted by Crippen LogP contribution is -2.22. The molecule has 3 rings (SSSR count). The van der Waals surface area contributed by atoms with Gasteiger partial charge in [0, 0.05) is 33.6 Å². The van der Waals surface area contributed by atoms with Crippen molar-refractivity contribution in [3.8, 4) is 0 Å². The van der Waals surface area contributed by atoms with Gasteiger partial charge in [0.2, 0.25) is 0 Å². The quantitative estimate of drug-likeness (QED) is 0.408. The van der Waals surface area contributed by atoms with E-state index < -0.39 is 0 Å². The molecule has 0 saturated carbocycles. The molecule has 6 heteroatoms. The molecule has 0 bridgehead atoms. The first-order valence-electron chi connectivity index (χ1n) is 5.96. The van der Waals surface area contributed by atoms with Crippen LogP contribution in [0.5, 0.6) is 0 Å². The molecule has 0 fully saturated rings. The molecule has 0 saturated heterocycles. The predicted octanol–water partition coefficient (Wildman–Crippen LogP) is 1.03. The third kappa shape index (κ3) is 1.67. The Hall–Kier alpha value is -2.70. The summed E-state index contributed by atoms with van der Waals surface area (Å²) in [4.78, 5) is 24.9. The van der Waals surface area contributed by atoms with Crippen molar-refractivity contribution in [2.24, 2.45) is 11.7 Å². The van der Waals surface area contributed by atoms with Crippen LogP contribution in [0.15, 0.2) is 36.4 Å². The Balaban J connectivity index is 2.22. The molecule has 0 unspecified atom stereocenters. The van der Waals surface area contributed by atoms with Crippen LogP contribution in [0, 0.1) is 0 Å². The van der Waals surface area contributed by atoms with E-state index in [-0.39, 0.29) is 11.6 Å². The van der Waals surface area contributed by atoms with Gasteiger partial charge in [-0.3, -0.25) is 21.3 Å². The van der Waals surface area contributed by atoms with Gasteiger partial charge in [-0.2, -0.15) is 0 Å².